The Morgan fingerprint density at radius 2 is 2.17 bits per heavy atom. The molecule has 4 nitrogen and oxygen atoms in total. The number of thiophene rings is 1. The highest BCUT2D eigenvalue weighted by Gasteiger charge is 2.16. The lowest BCUT2D eigenvalue weighted by Gasteiger charge is -2.09. The summed E-state index contributed by atoms with van der Waals surface area (Å²) in [6.45, 7) is 5.84. The number of hydrogen-bond donors (Lipinski definition) is 2. The van der Waals surface area contributed by atoms with Gasteiger partial charge in [-0.05, 0) is 26.8 Å². The van der Waals surface area contributed by atoms with E-state index in [1.165, 1.54) is 11.3 Å². The van der Waals surface area contributed by atoms with E-state index in [0.29, 0.717) is 10.6 Å². The van der Waals surface area contributed by atoms with E-state index in [1.54, 1.807) is 17.4 Å². The van der Waals surface area contributed by atoms with Crippen molar-refractivity contribution in [2.45, 2.75) is 26.8 Å². The number of hydrogen-bond acceptors (Lipinski definition) is 5. The van der Waals surface area contributed by atoms with Crippen LogP contribution in [0.2, 0.25) is 0 Å². The first-order valence-electron chi connectivity index (χ1n) is 5.56. The van der Waals surface area contributed by atoms with Crippen molar-refractivity contribution < 1.29 is 4.79 Å². The zero-order valence-electron chi connectivity index (χ0n) is 10.5. The molecule has 0 bridgehead atoms. The minimum atomic E-state index is -0.0971. The summed E-state index contributed by atoms with van der Waals surface area (Å²) in [6, 6.07) is 1.63. The van der Waals surface area contributed by atoms with E-state index < -0.39 is 0 Å². The summed E-state index contributed by atoms with van der Waals surface area (Å²) in [5, 5.41) is 3.85. The van der Waals surface area contributed by atoms with Gasteiger partial charge >= 0.3 is 0 Å². The fraction of sp³-hybridized carbons (Fsp3) is 0.333. The smallest absolute Gasteiger partial charge is 0.261 e. The topological polar surface area (TPSA) is 68.0 Å². The first kappa shape index (κ1) is 13.0. The molecule has 6 heteroatoms. The Morgan fingerprint density at radius 3 is 2.67 bits per heavy atom. The SMILES string of the molecule is Cc1cnc(C(C)NC(=O)c2cc(N)c(C)s2)s1. The fourth-order valence-corrected chi connectivity index (χ4v) is 3.13. The minimum Gasteiger partial charge on any atom is -0.398 e. The molecule has 2 heterocycles. The van der Waals surface area contributed by atoms with E-state index in [9.17, 15) is 4.79 Å². The van der Waals surface area contributed by atoms with E-state index >= 15 is 0 Å². The number of nitrogens with zero attached hydrogens (tertiary/aromatic N) is 1. The van der Waals surface area contributed by atoms with Crippen LogP contribution in [0, 0.1) is 13.8 Å². The lowest BCUT2D eigenvalue weighted by molar-refractivity contribution is 0.0944. The van der Waals surface area contributed by atoms with Gasteiger partial charge in [-0.2, -0.15) is 0 Å². The molecule has 0 saturated heterocycles. The van der Waals surface area contributed by atoms with E-state index in [4.69, 9.17) is 5.73 Å². The maximum atomic E-state index is 12.0. The highest BCUT2D eigenvalue weighted by Crippen LogP contribution is 2.24. The van der Waals surface area contributed by atoms with Gasteiger partial charge in [0.05, 0.1) is 10.9 Å². The number of nitrogen functional groups attached to an aromatic ring is 1. The van der Waals surface area contributed by atoms with Crippen LogP contribution in [0.5, 0.6) is 0 Å². The maximum Gasteiger partial charge on any atom is 0.261 e. The quantitative estimate of drug-likeness (QED) is 0.909. The lowest BCUT2D eigenvalue weighted by atomic mass is 10.3. The van der Waals surface area contributed by atoms with Gasteiger partial charge in [0.15, 0.2) is 0 Å². The van der Waals surface area contributed by atoms with Crippen molar-refractivity contribution in [1.82, 2.24) is 10.3 Å². The molecule has 0 fully saturated rings. The first-order chi connectivity index (χ1) is 8.47. The van der Waals surface area contributed by atoms with E-state index in [2.05, 4.69) is 10.3 Å². The van der Waals surface area contributed by atoms with Gasteiger partial charge in [-0.15, -0.1) is 22.7 Å². The van der Waals surface area contributed by atoms with Crippen molar-refractivity contribution in [3.8, 4) is 0 Å². The molecule has 0 spiro atoms. The van der Waals surface area contributed by atoms with Gasteiger partial charge in [-0.1, -0.05) is 0 Å². The second-order valence-electron chi connectivity index (χ2n) is 4.13. The second kappa shape index (κ2) is 5.07. The number of thiazole rings is 1. The molecule has 0 radical (unpaired) electrons. The van der Waals surface area contributed by atoms with E-state index in [1.807, 2.05) is 27.0 Å². The zero-order chi connectivity index (χ0) is 13.3. The molecule has 18 heavy (non-hydrogen) atoms. The summed E-state index contributed by atoms with van der Waals surface area (Å²) < 4.78 is 0. The molecule has 0 saturated carbocycles. The molecule has 0 aliphatic carbocycles. The third-order valence-corrected chi connectivity index (χ3v) is 4.70. The molecule has 3 N–H and O–H groups in total. The maximum absolute atomic E-state index is 12.0. The van der Waals surface area contributed by atoms with Gasteiger partial charge in [0, 0.05) is 21.6 Å². The highest BCUT2D eigenvalue weighted by molar-refractivity contribution is 7.14. The number of carbonyl (C=O) groups is 1. The molecule has 96 valence electrons. The predicted molar refractivity (Wildman–Crippen MR) is 76.2 cm³/mol. The molecular formula is C12H15N3OS2. The van der Waals surface area contributed by atoms with Gasteiger partial charge in [0.25, 0.3) is 5.91 Å². The number of nitrogens with two attached hydrogens (primary N) is 1. The summed E-state index contributed by atoms with van der Waals surface area (Å²) in [6.07, 6.45) is 1.82. The number of aryl methyl sites for hydroxylation is 2. The van der Waals surface area contributed by atoms with E-state index in [0.717, 1.165) is 14.8 Å². The van der Waals surface area contributed by atoms with Crippen LogP contribution in [0.15, 0.2) is 12.3 Å². The Bertz CT molecular complexity index is 554. The van der Waals surface area contributed by atoms with Gasteiger partial charge < -0.3 is 11.1 Å². The molecule has 0 aromatic carbocycles. The van der Waals surface area contributed by atoms with Gasteiger partial charge in [0.2, 0.25) is 0 Å². The zero-order valence-corrected chi connectivity index (χ0v) is 12.1. The van der Waals surface area contributed by atoms with Crippen molar-refractivity contribution in [3.63, 3.8) is 0 Å². The van der Waals surface area contributed by atoms with E-state index in [-0.39, 0.29) is 11.9 Å². The van der Waals surface area contributed by atoms with Crippen LogP contribution in [-0.4, -0.2) is 10.9 Å². The lowest BCUT2D eigenvalue weighted by Crippen LogP contribution is -2.25. The number of aromatic nitrogens is 1. The molecule has 2 aromatic rings. The molecule has 0 aliphatic rings. The highest BCUT2D eigenvalue weighted by atomic mass is 32.1. The summed E-state index contributed by atoms with van der Waals surface area (Å²) in [7, 11) is 0. The Morgan fingerprint density at radius 1 is 1.44 bits per heavy atom. The second-order valence-corrected chi connectivity index (χ2v) is 6.65. The largest absolute Gasteiger partial charge is 0.398 e. The summed E-state index contributed by atoms with van der Waals surface area (Å²) in [5.74, 6) is -0.0971. The number of carbonyl (C=O) groups excluding carboxylic acids is 1. The van der Waals surface area contributed by atoms with Crippen molar-refractivity contribution >= 4 is 34.3 Å². The van der Waals surface area contributed by atoms with Crippen LogP contribution in [0.1, 0.15) is 37.4 Å². The fourth-order valence-electron chi connectivity index (χ4n) is 1.51. The van der Waals surface area contributed by atoms with Crippen LogP contribution >= 0.6 is 22.7 Å². The third-order valence-electron chi connectivity index (χ3n) is 2.54. The number of amides is 1. The number of rotatable bonds is 3. The van der Waals surface area contributed by atoms with Crippen molar-refractivity contribution in [1.29, 1.82) is 0 Å². The average molecular weight is 281 g/mol. The standard InChI is InChI=1S/C12H15N3OS2/c1-6-5-14-12(17-6)7(2)15-11(16)10-4-9(13)8(3)18-10/h4-5,7H,13H2,1-3H3,(H,15,16). The molecular weight excluding hydrogens is 266 g/mol. The molecule has 1 unspecified atom stereocenters. The Balaban J connectivity index is 2.07. The average Bonchev–Trinajstić information content (AvgIpc) is 2.86. The minimum absolute atomic E-state index is 0.0835. The van der Waals surface area contributed by atoms with Gasteiger partial charge in [0.1, 0.15) is 5.01 Å². The summed E-state index contributed by atoms with van der Waals surface area (Å²) in [4.78, 5) is 19.0. The Hall–Kier alpha value is -1.40. The van der Waals surface area contributed by atoms with Crippen LogP contribution in [-0.2, 0) is 0 Å². The van der Waals surface area contributed by atoms with Gasteiger partial charge in [-0.3, -0.25) is 4.79 Å². The molecule has 0 aliphatic heterocycles. The third kappa shape index (κ3) is 2.70. The van der Waals surface area contributed by atoms with Gasteiger partial charge in [-0.25, -0.2) is 4.98 Å². The first-order valence-corrected chi connectivity index (χ1v) is 7.19. The molecule has 2 aromatic heterocycles. The monoisotopic (exact) mass is 281 g/mol. The van der Waals surface area contributed by atoms with Crippen LogP contribution in [0.3, 0.4) is 0 Å². The van der Waals surface area contributed by atoms with Crippen LogP contribution in [0.4, 0.5) is 5.69 Å². The Kier molecular flexibility index (Phi) is 3.68. The predicted octanol–water partition coefficient (Wildman–Crippen LogP) is 2.89. The molecule has 2 rings (SSSR count). The van der Waals surface area contributed by atoms with Crippen molar-refractivity contribution in [2.75, 3.05) is 5.73 Å². The molecule has 1 atom stereocenters. The number of anilines is 1. The molecule has 1 amide bonds. The number of nitrogens with one attached hydrogen (secondary N) is 1. The van der Waals surface area contributed by atoms with Crippen LogP contribution in [0.25, 0.3) is 0 Å². The normalized spacial score (nSPS) is 12.4. The van der Waals surface area contributed by atoms with Crippen molar-refractivity contribution in [3.05, 3.63) is 31.9 Å². The Labute approximate surface area is 114 Å². The summed E-state index contributed by atoms with van der Waals surface area (Å²) >= 11 is 3.01. The van der Waals surface area contributed by atoms with Crippen LogP contribution < -0.4 is 11.1 Å². The summed E-state index contributed by atoms with van der Waals surface area (Å²) in [5.41, 5.74) is 6.41. The van der Waals surface area contributed by atoms with Crippen molar-refractivity contribution in [2.24, 2.45) is 0 Å².